The van der Waals surface area contributed by atoms with Gasteiger partial charge in [0, 0.05) is 6.42 Å². The molecule has 2 heteroatoms. The van der Waals surface area contributed by atoms with E-state index >= 15 is 0 Å². The van der Waals surface area contributed by atoms with E-state index in [1.54, 1.807) is 0 Å². The number of carbonyl (C=O) groups excluding carboxylic acids is 1. The van der Waals surface area contributed by atoms with E-state index in [4.69, 9.17) is 4.74 Å². The lowest BCUT2D eigenvalue weighted by Crippen LogP contribution is -2.27. The number of allylic oxidation sites excluding steroid dienone is 2. The van der Waals surface area contributed by atoms with Crippen LogP contribution in [0.15, 0.2) is 12.2 Å². The Balaban J connectivity index is 2.14. The van der Waals surface area contributed by atoms with Crippen LogP contribution in [0.2, 0.25) is 0 Å². The highest BCUT2D eigenvalue weighted by molar-refractivity contribution is 5.79. The fraction of sp³-hybridized carbons (Fsp3) is 0.750. The van der Waals surface area contributed by atoms with Crippen LogP contribution in [-0.2, 0) is 9.53 Å². The molecule has 2 nitrogen and oxygen atoms in total. The summed E-state index contributed by atoms with van der Waals surface area (Å²) in [5.41, 5.74) is -0.163. The molecule has 0 radical (unpaired) electrons. The topological polar surface area (TPSA) is 26.3 Å². The standard InChI is InChI=1S/C12H18O2/c1-9(2)10-8-12(11(13)14-10)6-4-3-5-7-12/h3-4,9-10H,5-8H2,1-2H3. The molecule has 78 valence electrons. The van der Waals surface area contributed by atoms with Gasteiger partial charge in [0.05, 0.1) is 5.41 Å². The quantitative estimate of drug-likeness (QED) is 0.474. The summed E-state index contributed by atoms with van der Waals surface area (Å²) < 4.78 is 5.44. The van der Waals surface area contributed by atoms with Gasteiger partial charge >= 0.3 is 5.97 Å². The van der Waals surface area contributed by atoms with Gasteiger partial charge in [-0.3, -0.25) is 4.79 Å². The molecule has 2 atom stereocenters. The maximum atomic E-state index is 11.8. The second kappa shape index (κ2) is 3.41. The van der Waals surface area contributed by atoms with Crippen LogP contribution in [0.4, 0.5) is 0 Å². The van der Waals surface area contributed by atoms with Gasteiger partial charge in [0.2, 0.25) is 0 Å². The molecule has 0 aromatic rings. The first-order valence-corrected chi connectivity index (χ1v) is 5.50. The largest absolute Gasteiger partial charge is 0.462 e. The maximum Gasteiger partial charge on any atom is 0.312 e. The summed E-state index contributed by atoms with van der Waals surface area (Å²) >= 11 is 0. The molecule has 1 heterocycles. The molecule has 0 N–H and O–H groups in total. The van der Waals surface area contributed by atoms with E-state index < -0.39 is 0 Å². The Hall–Kier alpha value is -0.790. The van der Waals surface area contributed by atoms with E-state index in [9.17, 15) is 4.79 Å². The van der Waals surface area contributed by atoms with Crippen molar-refractivity contribution in [2.24, 2.45) is 11.3 Å². The van der Waals surface area contributed by atoms with Gasteiger partial charge in [-0.1, -0.05) is 26.0 Å². The smallest absolute Gasteiger partial charge is 0.312 e. The summed E-state index contributed by atoms with van der Waals surface area (Å²) in [6.45, 7) is 4.24. The lowest BCUT2D eigenvalue weighted by Gasteiger charge is -2.25. The minimum absolute atomic E-state index is 0.0422. The normalized spacial score (nSPS) is 36.8. The zero-order valence-electron chi connectivity index (χ0n) is 8.95. The molecule has 1 spiro atoms. The molecular formula is C12H18O2. The molecule has 2 aliphatic rings. The predicted molar refractivity (Wildman–Crippen MR) is 54.8 cm³/mol. The molecule has 1 aliphatic heterocycles. The maximum absolute atomic E-state index is 11.8. The van der Waals surface area contributed by atoms with Gasteiger partial charge in [-0.25, -0.2) is 0 Å². The van der Waals surface area contributed by atoms with Gasteiger partial charge in [-0.15, -0.1) is 0 Å². The summed E-state index contributed by atoms with van der Waals surface area (Å²) in [5.74, 6) is 0.491. The minimum Gasteiger partial charge on any atom is -0.462 e. The predicted octanol–water partition coefficient (Wildman–Crippen LogP) is 2.68. The van der Waals surface area contributed by atoms with Crippen molar-refractivity contribution in [2.75, 3.05) is 0 Å². The van der Waals surface area contributed by atoms with Crippen LogP contribution >= 0.6 is 0 Å². The average Bonchev–Trinajstić information content (AvgIpc) is 2.46. The van der Waals surface area contributed by atoms with Gasteiger partial charge in [0.25, 0.3) is 0 Å². The van der Waals surface area contributed by atoms with E-state index in [-0.39, 0.29) is 17.5 Å². The van der Waals surface area contributed by atoms with Crippen molar-refractivity contribution in [3.63, 3.8) is 0 Å². The average molecular weight is 194 g/mol. The Bertz CT molecular complexity index is 267. The first kappa shape index (κ1) is 9.75. The zero-order chi connectivity index (χ0) is 10.2. The van der Waals surface area contributed by atoms with Crippen LogP contribution in [0, 0.1) is 11.3 Å². The Labute approximate surface area is 85.3 Å². The molecule has 0 aromatic heterocycles. The van der Waals surface area contributed by atoms with Crippen molar-refractivity contribution < 1.29 is 9.53 Å². The first-order chi connectivity index (χ1) is 6.64. The summed E-state index contributed by atoms with van der Waals surface area (Å²) in [4.78, 5) is 11.8. The van der Waals surface area contributed by atoms with E-state index in [2.05, 4.69) is 26.0 Å². The molecule has 1 saturated heterocycles. The van der Waals surface area contributed by atoms with Gasteiger partial charge in [0.1, 0.15) is 6.10 Å². The lowest BCUT2D eigenvalue weighted by atomic mass is 9.74. The van der Waals surface area contributed by atoms with Crippen molar-refractivity contribution in [2.45, 2.75) is 45.6 Å². The van der Waals surface area contributed by atoms with Gasteiger partial charge in [-0.05, 0) is 25.2 Å². The number of hydrogen-bond donors (Lipinski definition) is 0. The van der Waals surface area contributed by atoms with Gasteiger partial charge in [0.15, 0.2) is 0 Å². The number of cyclic esters (lactones) is 1. The number of hydrogen-bond acceptors (Lipinski definition) is 2. The summed E-state index contributed by atoms with van der Waals surface area (Å²) in [5, 5.41) is 0. The zero-order valence-corrected chi connectivity index (χ0v) is 8.95. The summed E-state index contributed by atoms with van der Waals surface area (Å²) in [6.07, 6.45) is 8.26. The Morgan fingerprint density at radius 2 is 2.29 bits per heavy atom. The molecule has 0 amide bonds. The van der Waals surface area contributed by atoms with Crippen molar-refractivity contribution in [1.29, 1.82) is 0 Å². The lowest BCUT2D eigenvalue weighted by molar-refractivity contribution is -0.150. The number of esters is 1. The van der Waals surface area contributed by atoms with Crippen molar-refractivity contribution in [3.8, 4) is 0 Å². The van der Waals surface area contributed by atoms with E-state index in [1.807, 2.05) is 0 Å². The Kier molecular flexibility index (Phi) is 2.38. The molecule has 2 unspecified atom stereocenters. The fourth-order valence-electron chi connectivity index (χ4n) is 2.40. The fourth-order valence-corrected chi connectivity index (χ4v) is 2.40. The molecule has 0 saturated carbocycles. The third-order valence-corrected chi connectivity index (χ3v) is 3.49. The molecule has 0 bridgehead atoms. The highest BCUT2D eigenvalue weighted by atomic mass is 16.6. The summed E-state index contributed by atoms with van der Waals surface area (Å²) in [6, 6.07) is 0. The third-order valence-electron chi connectivity index (χ3n) is 3.49. The van der Waals surface area contributed by atoms with Crippen LogP contribution in [-0.4, -0.2) is 12.1 Å². The van der Waals surface area contributed by atoms with Crippen molar-refractivity contribution in [1.82, 2.24) is 0 Å². The molecular weight excluding hydrogens is 176 g/mol. The van der Waals surface area contributed by atoms with E-state index in [0.717, 1.165) is 25.7 Å². The van der Waals surface area contributed by atoms with Gasteiger partial charge < -0.3 is 4.74 Å². The van der Waals surface area contributed by atoms with Crippen LogP contribution in [0.5, 0.6) is 0 Å². The monoisotopic (exact) mass is 194 g/mol. The van der Waals surface area contributed by atoms with Crippen LogP contribution in [0.25, 0.3) is 0 Å². The van der Waals surface area contributed by atoms with E-state index in [1.165, 1.54) is 0 Å². The molecule has 2 rings (SSSR count). The molecule has 1 aliphatic carbocycles. The van der Waals surface area contributed by atoms with Crippen LogP contribution < -0.4 is 0 Å². The summed E-state index contributed by atoms with van der Waals surface area (Å²) in [7, 11) is 0. The highest BCUT2D eigenvalue weighted by Crippen LogP contribution is 2.45. The molecule has 14 heavy (non-hydrogen) atoms. The number of ether oxygens (including phenoxy) is 1. The second-order valence-electron chi connectivity index (χ2n) is 4.89. The molecule has 0 aromatic carbocycles. The SMILES string of the molecule is CC(C)C1CC2(CC=CCC2)C(=O)O1. The van der Waals surface area contributed by atoms with Crippen molar-refractivity contribution >= 4 is 5.97 Å². The van der Waals surface area contributed by atoms with E-state index in [0.29, 0.717) is 5.92 Å². The third kappa shape index (κ3) is 1.47. The first-order valence-electron chi connectivity index (χ1n) is 5.50. The van der Waals surface area contributed by atoms with Crippen LogP contribution in [0.1, 0.15) is 39.5 Å². The minimum atomic E-state index is -0.163. The molecule has 1 fully saturated rings. The Morgan fingerprint density at radius 1 is 1.50 bits per heavy atom. The number of carbonyl (C=O) groups is 1. The van der Waals surface area contributed by atoms with Crippen molar-refractivity contribution in [3.05, 3.63) is 12.2 Å². The van der Waals surface area contributed by atoms with Crippen LogP contribution in [0.3, 0.4) is 0 Å². The van der Waals surface area contributed by atoms with Gasteiger partial charge in [-0.2, -0.15) is 0 Å². The number of rotatable bonds is 1. The highest BCUT2D eigenvalue weighted by Gasteiger charge is 2.48. The second-order valence-corrected chi connectivity index (χ2v) is 4.89. The Morgan fingerprint density at radius 3 is 2.79 bits per heavy atom.